The number of Topliss-reactive ketones (excluding diaryl/α,β-unsaturated/α-hetero) is 1. The SMILES string of the molecule is CC(=O)N1CCc2cc(C(=O)[C@H](C)OC(=O)C34C[C@H]5C[C@@H](CC(Cl)(C5)C3)C4)ccc21. The molecule has 0 N–H and O–H groups in total. The predicted octanol–water partition coefficient (Wildman–Crippen LogP) is 4.29. The van der Waals surface area contributed by atoms with E-state index in [1.54, 1.807) is 24.8 Å². The highest BCUT2D eigenvalue weighted by atomic mass is 35.5. The lowest BCUT2D eigenvalue weighted by molar-refractivity contribution is -0.172. The molecule has 4 saturated carbocycles. The van der Waals surface area contributed by atoms with E-state index < -0.39 is 11.5 Å². The van der Waals surface area contributed by atoms with Gasteiger partial charge in [0.1, 0.15) is 0 Å². The second kappa shape index (κ2) is 6.81. The monoisotopic (exact) mass is 429 g/mol. The Morgan fingerprint density at radius 1 is 1.17 bits per heavy atom. The molecule has 1 amide bonds. The number of anilines is 1. The molecule has 5 aliphatic rings. The third kappa shape index (κ3) is 3.17. The summed E-state index contributed by atoms with van der Waals surface area (Å²) in [5.41, 5.74) is 1.86. The molecule has 30 heavy (non-hydrogen) atoms. The minimum atomic E-state index is -0.833. The number of rotatable bonds is 4. The summed E-state index contributed by atoms with van der Waals surface area (Å²) < 4.78 is 5.76. The van der Waals surface area contributed by atoms with Gasteiger partial charge in [-0.3, -0.25) is 14.4 Å². The molecule has 0 saturated heterocycles. The zero-order chi connectivity index (χ0) is 21.3. The van der Waals surface area contributed by atoms with Crippen molar-refractivity contribution >= 4 is 34.9 Å². The molecular formula is C24H28ClNO4. The summed E-state index contributed by atoms with van der Waals surface area (Å²) in [7, 11) is 0. The van der Waals surface area contributed by atoms with Crippen LogP contribution in [0.2, 0.25) is 0 Å². The van der Waals surface area contributed by atoms with Crippen LogP contribution in [0.15, 0.2) is 18.2 Å². The van der Waals surface area contributed by atoms with Crippen LogP contribution in [0.25, 0.3) is 0 Å². The first kappa shape index (κ1) is 20.0. The third-order valence-electron chi connectivity index (χ3n) is 7.72. The lowest BCUT2D eigenvalue weighted by Crippen LogP contribution is -2.56. The van der Waals surface area contributed by atoms with Gasteiger partial charge in [0.2, 0.25) is 11.7 Å². The van der Waals surface area contributed by atoms with E-state index >= 15 is 0 Å². The predicted molar refractivity (Wildman–Crippen MR) is 114 cm³/mol. The Labute approximate surface area is 182 Å². The van der Waals surface area contributed by atoms with Gasteiger partial charge in [-0.05, 0) is 87.5 Å². The van der Waals surface area contributed by atoms with Gasteiger partial charge >= 0.3 is 5.97 Å². The van der Waals surface area contributed by atoms with Crippen molar-refractivity contribution in [3.8, 4) is 0 Å². The second-order valence-corrected chi connectivity index (χ2v) is 10.9. The first-order valence-electron chi connectivity index (χ1n) is 11.0. The van der Waals surface area contributed by atoms with E-state index in [0.717, 1.165) is 43.4 Å². The van der Waals surface area contributed by atoms with Gasteiger partial charge in [-0.2, -0.15) is 0 Å². The lowest BCUT2D eigenvalue weighted by Gasteiger charge is -2.58. The number of ether oxygens (including phenoxy) is 1. The van der Waals surface area contributed by atoms with Crippen molar-refractivity contribution in [2.45, 2.75) is 69.8 Å². The highest BCUT2D eigenvalue weighted by Gasteiger charge is 2.61. The van der Waals surface area contributed by atoms with E-state index in [0.29, 0.717) is 30.4 Å². The fourth-order valence-corrected chi connectivity index (χ4v) is 7.54. The van der Waals surface area contributed by atoms with E-state index in [9.17, 15) is 14.4 Å². The topological polar surface area (TPSA) is 63.7 Å². The molecule has 4 aliphatic carbocycles. The summed E-state index contributed by atoms with van der Waals surface area (Å²) >= 11 is 6.84. The van der Waals surface area contributed by atoms with E-state index in [1.165, 1.54) is 6.42 Å². The number of hydrogen-bond donors (Lipinski definition) is 0. The molecule has 160 valence electrons. The molecule has 1 aliphatic heterocycles. The van der Waals surface area contributed by atoms with Gasteiger partial charge in [0.15, 0.2) is 6.10 Å². The molecule has 0 aromatic heterocycles. The largest absolute Gasteiger partial charge is 0.454 e. The average molecular weight is 430 g/mol. The Kier molecular flexibility index (Phi) is 4.55. The lowest BCUT2D eigenvalue weighted by atomic mass is 9.49. The normalized spacial score (nSPS) is 34.6. The van der Waals surface area contributed by atoms with Crippen LogP contribution in [0.5, 0.6) is 0 Å². The van der Waals surface area contributed by atoms with Crippen LogP contribution < -0.4 is 4.90 Å². The Morgan fingerprint density at radius 2 is 1.87 bits per heavy atom. The Morgan fingerprint density at radius 3 is 2.50 bits per heavy atom. The summed E-state index contributed by atoms with van der Waals surface area (Å²) in [6.07, 6.45) is 5.43. The van der Waals surface area contributed by atoms with Crippen molar-refractivity contribution in [3.05, 3.63) is 29.3 Å². The number of nitrogens with zero attached hydrogens (tertiary/aromatic N) is 1. The van der Waals surface area contributed by atoms with Gasteiger partial charge in [0.25, 0.3) is 0 Å². The van der Waals surface area contributed by atoms with Crippen LogP contribution in [0, 0.1) is 17.3 Å². The molecular weight excluding hydrogens is 402 g/mol. The minimum absolute atomic E-state index is 0.00256. The number of alkyl halides is 1. The van der Waals surface area contributed by atoms with E-state index in [2.05, 4.69) is 0 Å². The van der Waals surface area contributed by atoms with Crippen molar-refractivity contribution in [2.24, 2.45) is 17.3 Å². The Balaban J connectivity index is 1.30. The molecule has 6 heteroatoms. The highest BCUT2D eigenvalue weighted by Crippen LogP contribution is 2.64. The number of carbonyl (C=O) groups excluding carboxylic acids is 3. The molecule has 4 fully saturated rings. The minimum Gasteiger partial charge on any atom is -0.454 e. The third-order valence-corrected chi connectivity index (χ3v) is 8.16. The number of carbonyl (C=O) groups is 3. The zero-order valence-electron chi connectivity index (χ0n) is 17.6. The number of fused-ring (bicyclic) bond motifs is 1. The van der Waals surface area contributed by atoms with Crippen molar-refractivity contribution in [2.75, 3.05) is 11.4 Å². The smallest absolute Gasteiger partial charge is 0.312 e. The first-order valence-corrected chi connectivity index (χ1v) is 11.4. The van der Waals surface area contributed by atoms with E-state index in [-0.39, 0.29) is 22.5 Å². The quantitative estimate of drug-likeness (QED) is 0.407. The Bertz CT molecular complexity index is 927. The van der Waals surface area contributed by atoms with E-state index in [4.69, 9.17) is 16.3 Å². The van der Waals surface area contributed by atoms with Crippen molar-refractivity contribution < 1.29 is 19.1 Å². The molecule has 4 bridgehead atoms. The first-order chi connectivity index (χ1) is 14.2. The van der Waals surface area contributed by atoms with Crippen LogP contribution in [0.3, 0.4) is 0 Å². The molecule has 0 unspecified atom stereocenters. The van der Waals surface area contributed by atoms with Crippen molar-refractivity contribution in [1.82, 2.24) is 0 Å². The fraction of sp³-hybridized carbons (Fsp3) is 0.625. The molecule has 6 rings (SSSR count). The maximum Gasteiger partial charge on any atom is 0.312 e. The van der Waals surface area contributed by atoms with Crippen LogP contribution in [-0.2, 0) is 20.7 Å². The molecule has 1 aromatic rings. The number of ketones is 1. The van der Waals surface area contributed by atoms with Crippen molar-refractivity contribution in [3.63, 3.8) is 0 Å². The number of esters is 1. The van der Waals surface area contributed by atoms with Gasteiger partial charge < -0.3 is 9.64 Å². The maximum atomic E-state index is 13.2. The highest BCUT2D eigenvalue weighted by molar-refractivity contribution is 6.24. The molecule has 1 heterocycles. The zero-order valence-corrected chi connectivity index (χ0v) is 18.3. The average Bonchev–Trinajstić information content (AvgIpc) is 3.08. The maximum absolute atomic E-state index is 13.2. The summed E-state index contributed by atoms with van der Waals surface area (Å²) in [4.78, 5) is 39.4. The molecule has 0 radical (unpaired) electrons. The number of amides is 1. The fourth-order valence-electron chi connectivity index (χ4n) is 6.85. The molecule has 3 atom stereocenters. The number of benzene rings is 1. The van der Waals surface area contributed by atoms with Crippen LogP contribution >= 0.6 is 11.6 Å². The van der Waals surface area contributed by atoms with Gasteiger partial charge in [-0.25, -0.2) is 0 Å². The molecule has 5 nitrogen and oxygen atoms in total. The van der Waals surface area contributed by atoms with Gasteiger partial charge in [0, 0.05) is 29.6 Å². The van der Waals surface area contributed by atoms with Crippen LogP contribution in [0.4, 0.5) is 5.69 Å². The summed E-state index contributed by atoms with van der Waals surface area (Å²) in [5.74, 6) is 0.568. The second-order valence-electron chi connectivity index (χ2n) is 10.1. The van der Waals surface area contributed by atoms with Crippen molar-refractivity contribution in [1.29, 1.82) is 0 Å². The van der Waals surface area contributed by atoms with Crippen LogP contribution in [-0.4, -0.2) is 35.2 Å². The number of hydrogen-bond acceptors (Lipinski definition) is 4. The molecule has 1 aromatic carbocycles. The summed E-state index contributed by atoms with van der Waals surface area (Å²) in [5, 5.41) is 0. The van der Waals surface area contributed by atoms with Gasteiger partial charge in [-0.1, -0.05) is 0 Å². The van der Waals surface area contributed by atoms with Gasteiger partial charge in [-0.15, -0.1) is 11.6 Å². The summed E-state index contributed by atoms with van der Waals surface area (Å²) in [6, 6.07) is 5.39. The van der Waals surface area contributed by atoms with E-state index in [1.807, 2.05) is 12.1 Å². The standard InChI is InChI=1S/C24H28ClNO4/c1-14(21(28)19-3-4-20-18(8-19)5-6-26(20)15(2)27)30-22(29)23-9-16-7-17(10-23)12-24(25,11-16)13-23/h3-4,8,14,16-17H,5-7,9-13H2,1-2H3/t14-,16+,17+,23?,24?/m0/s1. The van der Waals surface area contributed by atoms with Gasteiger partial charge in [0.05, 0.1) is 5.41 Å². The summed E-state index contributed by atoms with van der Waals surface area (Å²) in [6.45, 7) is 3.84. The van der Waals surface area contributed by atoms with Crippen LogP contribution in [0.1, 0.15) is 68.3 Å². The molecule has 0 spiro atoms. The number of halogens is 1. The Hall–Kier alpha value is -1.88.